The van der Waals surface area contributed by atoms with E-state index in [1.165, 1.54) is 19.2 Å². The highest BCUT2D eigenvalue weighted by Gasteiger charge is 2.16. The Bertz CT molecular complexity index is 638. The molecular weight excluding hydrogens is 366 g/mol. The van der Waals surface area contributed by atoms with E-state index in [0.717, 1.165) is 0 Å². The molecule has 1 aromatic carbocycles. The van der Waals surface area contributed by atoms with Crippen molar-refractivity contribution in [2.75, 3.05) is 20.3 Å². The minimum absolute atomic E-state index is 0. The van der Waals surface area contributed by atoms with Crippen LogP contribution in [0.2, 0.25) is 0 Å². The number of nitrogens with one attached hydrogen (secondary N) is 2. The maximum atomic E-state index is 12.2. The molecule has 0 aliphatic carbocycles. The number of carbonyl (C=O) groups excluding carboxylic acids is 1. The van der Waals surface area contributed by atoms with Crippen LogP contribution in [0.3, 0.4) is 0 Å². The topological polar surface area (TPSA) is 111 Å². The summed E-state index contributed by atoms with van der Waals surface area (Å²) in [4.78, 5) is 12.1. The van der Waals surface area contributed by atoms with Gasteiger partial charge in [0.25, 0.3) is 0 Å². The molecule has 9 heteroatoms. The fourth-order valence-electron chi connectivity index (χ4n) is 2.12. The van der Waals surface area contributed by atoms with Crippen LogP contribution in [0.1, 0.15) is 25.8 Å². The Kier molecular flexibility index (Phi) is 10.9. The van der Waals surface area contributed by atoms with E-state index >= 15 is 0 Å². The molecular formula is C16H28ClN3O4S. The lowest BCUT2D eigenvalue weighted by molar-refractivity contribution is -0.122. The number of benzene rings is 1. The Morgan fingerprint density at radius 2 is 2.00 bits per heavy atom. The summed E-state index contributed by atoms with van der Waals surface area (Å²) < 4.78 is 31.6. The Hall–Kier alpha value is -1.19. The van der Waals surface area contributed by atoms with E-state index in [-0.39, 0.29) is 36.3 Å². The van der Waals surface area contributed by atoms with Crippen LogP contribution in [0.4, 0.5) is 0 Å². The molecule has 1 aromatic rings. The van der Waals surface area contributed by atoms with E-state index in [1.807, 2.05) is 13.8 Å². The lowest BCUT2D eigenvalue weighted by Gasteiger charge is -2.14. The predicted octanol–water partition coefficient (Wildman–Crippen LogP) is 1.02. The number of rotatable bonds is 10. The molecule has 0 saturated carbocycles. The first-order chi connectivity index (χ1) is 11.3. The zero-order valence-corrected chi connectivity index (χ0v) is 16.5. The molecule has 25 heavy (non-hydrogen) atoms. The first kappa shape index (κ1) is 23.8. The minimum Gasteiger partial charge on any atom is -0.383 e. The standard InChI is InChI=1S/C16H27N3O4S.ClH/c1-12(2)9-15(17)16(20)18-11-13-5-4-6-14(10-13)24(21,22)19-7-8-23-3;/h4-6,10,12,15,19H,7-9,11,17H2,1-3H3,(H,18,20);1H/t15-;/m0./s1. The summed E-state index contributed by atoms with van der Waals surface area (Å²) in [5, 5.41) is 2.74. The molecule has 1 amide bonds. The van der Waals surface area contributed by atoms with Crippen molar-refractivity contribution in [3.05, 3.63) is 29.8 Å². The van der Waals surface area contributed by atoms with Gasteiger partial charge in [-0.2, -0.15) is 0 Å². The van der Waals surface area contributed by atoms with E-state index in [9.17, 15) is 13.2 Å². The molecule has 0 unspecified atom stereocenters. The molecule has 4 N–H and O–H groups in total. The molecule has 144 valence electrons. The van der Waals surface area contributed by atoms with Crippen molar-refractivity contribution < 1.29 is 17.9 Å². The van der Waals surface area contributed by atoms with Gasteiger partial charge in [0.15, 0.2) is 0 Å². The molecule has 0 fully saturated rings. The van der Waals surface area contributed by atoms with E-state index in [1.54, 1.807) is 12.1 Å². The van der Waals surface area contributed by atoms with Crippen LogP contribution in [0.15, 0.2) is 29.2 Å². The van der Waals surface area contributed by atoms with Crippen LogP contribution < -0.4 is 15.8 Å². The average molecular weight is 394 g/mol. The van der Waals surface area contributed by atoms with Gasteiger partial charge in [0.1, 0.15) is 0 Å². The number of sulfonamides is 1. The van der Waals surface area contributed by atoms with Crippen molar-refractivity contribution in [3.63, 3.8) is 0 Å². The number of hydrogen-bond donors (Lipinski definition) is 3. The third-order valence-electron chi connectivity index (χ3n) is 3.34. The Labute approximate surface area is 156 Å². The van der Waals surface area contributed by atoms with Crippen molar-refractivity contribution in [3.8, 4) is 0 Å². The van der Waals surface area contributed by atoms with Gasteiger partial charge in [-0.3, -0.25) is 4.79 Å². The first-order valence-corrected chi connectivity index (χ1v) is 9.35. The summed E-state index contributed by atoms with van der Waals surface area (Å²) >= 11 is 0. The van der Waals surface area contributed by atoms with Crippen molar-refractivity contribution in [2.24, 2.45) is 11.7 Å². The number of amides is 1. The smallest absolute Gasteiger partial charge is 0.240 e. The van der Waals surface area contributed by atoms with Gasteiger partial charge in [-0.05, 0) is 30.0 Å². The van der Waals surface area contributed by atoms with Crippen LogP contribution in [0.25, 0.3) is 0 Å². The summed E-state index contributed by atoms with van der Waals surface area (Å²) in [6, 6.07) is 5.87. The summed E-state index contributed by atoms with van der Waals surface area (Å²) in [5.41, 5.74) is 6.51. The molecule has 1 rings (SSSR count). The predicted molar refractivity (Wildman–Crippen MR) is 100 cm³/mol. The number of ether oxygens (including phenoxy) is 1. The van der Waals surface area contributed by atoms with Crippen LogP contribution >= 0.6 is 12.4 Å². The zero-order chi connectivity index (χ0) is 18.2. The molecule has 0 saturated heterocycles. The van der Waals surface area contributed by atoms with Crippen LogP contribution in [0.5, 0.6) is 0 Å². The second kappa shape index (κ2) is 11.4. The normalized spacial score (nSPS) is 12.5. The van der Waals surface area contributed by atoms with Gasteiger partial charge >= 0.3 is 0 Å². The van der Waals surface area contributed by atoms with Gasteiger partial charge in [0.05, 0.1) is 17.5 Å². The second-order valence-electron chi connectivity index (χ2n) is 5.99. The van der Waals surface area contributed by atoms with Crippen LogP contribution in [-0.4, -0.2) is 40.6 Å². The molecule has 0 aromatic heterocycles. The van der Waals surface area contributed by atoms with Crippen LogP contribution in [-0.2, 0) is 26.1 Å². The second-order valence-corrected chi connectivity index (χ2v) is 7.76. The molecule has 0 spiro atoms. The maximum absolute atomic E-state index is 12.2. The minimum atomic E-state index is -3.59. The first-order valence-electron chi connectivity index (χ1n) is 7.87. The lowest BCUT2D eigenvalue weighted by Crippen LogP contribution is -2.41. The Balaban J connectivity index is 0.00000576. The van der Waals surface area contributed by atoms with E-state index in [4.69, 9.17) is 10.5 Å². The summed E-state index contributed by atoms with van der Waals surface area (Å²) in [6.45, 7) is 4.72. The zero-order valence-electron chi connectivity index (χ0n) is 14.8. The van der Waals surface area contributed by atoms with Crippen molar-refractivity contribution in [1.82, 2.24) is 10.0 Å². The SMILES string of the molecule is COCCNS(=O)(=O)c1cccc(CNC(=O)[C@@H](N)CC(C)C)c1.Cl. The maximum Gasteiger partial charge on any atom is 0.240 e. The molecule has 7 nitrogen and oxygen atoms in total. The number of hydrogen-bond acceptors (Lipinski definition) is 5. The number of carbonyl (C=O) groups is 1. The highest BCUT2D eigenvalue weighted by atomic mass is 35.5. The Morgan fingerprint density at radius 3 is 2.60 bits per heavy atom. The van der Waals surface area contributed by atoms with Crippen LogP contribution in [0, 0.1) is 5.92 Å². The molecule has 0 heterocycles. The number of halogens is 1. The van der Waals surface area contributed by atoms with Gasteiger partial charge in [-0.15, -0.1) is 12.4 Å². The monoisotopic (exact) mass is 393 g/mol. The summed E-state index contributed by atoms with van der Waals surface area (Å²) in [7, 11) is -2.09. The molecule has 0 aliphatic rings. The number of nitrogens with two attached hydrogens (primary N) is 1. The summed E-state index contributed by atoms with van der Waals surface area (Å²) in [5.74, 6) is 0.0903. The van der Waals surface area contributed by atoms with E-state index in [2.05, 4.69) is 10.0 Å². The third-order valence-corrected chi connectivity index (χ3v) is 4.79. The lowest BCUT2D eigenvalue weighted by atomic mass is 10.0. The largest absolute Gasteiger partial charge is 0.383 e. The van der Waals surface area contributed by atoms with Crippen molar-refractivity contribution in [2.45, 2.75) is 37.8 Å². The van der Waals surface area contributed by atoms with Crippen molar-refractivity contribution >= 4 is 28.3 Å². The fraction of sp³-hybridized carbons (Fsp3) is 0.562. The van der Waals surface area contributed by atoms with E-state index < -0.39 is 16.1 Å². The average Bonchev–Trinajstić information content (AvgIpc) is 2.52. The quantitative estimate of drug-likeness (QED) is 0.514. The third kappa shape index (κ3) is 8.64. The molecule has 0 aliphatic heterocycles. The molecule has 0 bridgehead atoms. The van der Waals surface area contributed by atoms with Crippen molar-refractivity contribution in [1.29, 1.82) is 0 Å². The van der Waals surface area contributed by atoms with Gasteiger partial charge in [0.2, 0.25) is 15.9 Å². The summed E-state index contributed by atoms with van der Waals surface area (Å²) in [6.07, 6.45) is 0.601. The molecule has 1 atom stereocenters. The highest BCUT2D eigenvalue weighted by Crippen LogP contribution is 2.11. The van der Waals surface area contributed by atoms with Gasteiger partial charge in [-0.25, -0.2) is 13.1 Å². The van der Waals surface area contributed by atoms with Gasteiger partial charge in [-0.1, -0.05) is 26.0 Å². The molecule has 0 radical (unpaired) electrons. The number of methoxy groups -OCH3 is 1. The fourth-order valence-corrected chi connectivity index (χ4v) is 3.20. The van der Waals surface area contributed by atoms with E-state index in [0.29, 0.717) is 24.5 Å². The van der Waals surface area contributed by atoms with Gasteiger partial charge < -0.3 is 15.8 Å². The van der Waals surface area contributed by atoms with Gasteiger partial charge in [0, 0.05) is 20.2 Å². The Morgan fingerprint density at radius 1 is 1.32 bits per heavy atom. The highest BCUT2D eigenvalue weighted by molar-refractivity contribution is 7.89.